The van der Waals surface area contributed by atoms with Crippen molar-refractivity contribution in [3.63, 3.8) is 0 Å². The van der Waals surface area contributed by atoms with Crippen LogP contribution < -0.4 is 0 Å². The number of thiophene rings is 1. The zero-order valence-electron chi connectivity index (χ0n) is 11.0. The Morgan fingerprint density at radius 1 is 1.33 bits per heavy atom. The predicted octanol–water partition coefficient (Wildman–Crippen LogP) is 3.92. The Bertz CT molecular complexity index is 750. The van der Waals surface area contributed by atoms with Crippen molar-refractivity contribution in [3.05, 3.63) is 64.6 Å². The maximum absolute atomic E-state index is 10.8. The molecule has 0 bridgehead atoms. The molecule has 0 unspecified atom stereocenters. The molecular weight excluding hydrogens is 304 g/mol. The third kappa shape index (κ3) is 3.34. The van der Waals surface area contributed by atoms with E-state index in [1.165, 1.54) is 11.3 Å². The first-order valence-electron chi connectivity index (χ1n) is 6.26. The summed E-state index contributed by atoms with van der Waals surface area (Å²) in [6, 6.07) is 11.6. The van der Waals surface area contributed by atoms with Crippen molar-refractivity contribution in [3.8, 4) is 5.69 Å². The predicted molar refractivity (Wildman–Crippen MR) is 84.4 cm³/mol. The van der Waals surface area contributed by atoms with Gasteiger partial charge in [-0.05, 0) is 18.2 Å². The molecule has 0 fully saturated rings. The van der Waals surface area contributed by atoms with E-state index in [1.807, 2.05) is 52.8 Å². The van der Waals surface area contributed by atoms with Gasteiger partial charge in [0.25, 0.3) is 0 Å². The van der Waals surface area contributed by atoms with Crippen LogP contribution in [0.4, 0.5) is 0 Å². The van der Waals surface area contributed by atoms with Crippen molar-refractivity contribution in [1.82, 2.24) is 9.78 Å². The number of rotatable bonds is 5. The van der Waals surface area contributed by atoms with E-state index in [9.17, 15) is 4.79 Å². The summed E-state index contributed by atoms with van der Waals surface area (Å²) in [7, 11) is 0. The molecule has 0 saturated carbocycles. The summed E-state index contributed by atoms with van der Waals surface area (Å²) in [5, 5.41) is 15.1. The summed E-state index contributed by atoms with van der Waals surface area (Å²) in [6.07, 6.45) is 3.83. The molecule has 3 aromatic rings. The second kappa shape index (κ2) is 6.15. The van der Waals surface area contributed by atoms with Crippen LogP contribution in [0.5, 0.6) is 0 Å². The number of carboxylic acids is 1. The zero-order valence-corrected chi connectivity index (χ0v) is 12.6. The molecule has 0 aliphatic rings. The molecule has 3 rings (SSSR count). The average molecular weight is 316 g/mol. The van der Waals surface area contributed by atoms with E-state index >= 15 is 0 Å². The van der Waals surface area contributed by atoms with Gasteiger partial charge < -0.3 is 5.11 Å². The number of hydrogen-bond acceptors (Lipinski definition) is 4. The van der Waals surface area contributed by atoms with E-state index in [4.69, 9.17) is 5.11 Å². The highest BCUT2D eigenvalue weighted by Crippen LogP contribution is 2.27. The highest BCUT2D eigenvalue weighted by Gasteiger charge is 2.08. The fourth-order valence-electron chi connectivity index (χ4n) is 1.83. The topological polar surface area (TPSA) is 55.1 Å². The summed E-state index contributed by atoms with van der Waals surface area (Å²) in [5.41, 5.74) is 2.13. The first kappa shape index (κ1) is 13.9. The third-order valence-corrected chi connectivity index (χ3v) is 4.96. The summed E-state index contributed by atoms with van der Waals surface area (Å²) in [5.74, 6) is -0.105. The van der Waals surface area contributed by atoms with Crippen LogP contribution >= 0.6 is 23.1 Å². The average Bonchev–Trinajstić information content (AvgIpc) is 3.15. The SMILES string of the molecule is O=C(O)c1cc(SCc2cnn(-c3ccccc3)c2)cs1. The van der Waals surface area contributed by atoms with Crippen LogP contribution in [-0.2, 0) is 5.75 Å². The largest absolute Gasteiger partial charge is 0.477 e. The van der Waals surface area contributed by atoms with E-state index in [-0.39, 0.29) is 0 Å². The van der Waals surface area contributed by atoms with Crippen LogP contribution in [0.3, 0.4) is 0 Å². The zero-order chi connectivity index (χ0) is 14.7. The van der Waals surface area contributed by atoms with Crippen molar-refractivity contribution < 1.29 is 9.90 Å². The minimum Gasteiger partial charge on any atom is -0.477 e. The van der Waals surface area contributed by atoms with Gasteiger partial charge in [0, 0.05) is 27.8 Å². The Labute approximate surface area is 130 Å². The molecule has 0 aliphatic heterocycles. The van der Waals surface area contributed by atoms with Gasteiger partial charge in [0.1, 0.15) is 4.88 Å². The fraction of sp³-hybridized carbons (Fsp3) is 0.0667. The number of aromatic carboxylic acids is 1. The van der Waals surface area contributed by atoms with Crippen LogP contribution in [0, 0.1) is 0 Å². The number of thioether (sulfide) groups is 1. The monoisotopic (exact) mass is 316 g/mol. The van der Waals surface area contributed by atoms with Gasteiger partial charge in [0.05, 0.1) is 11.9 Å². The Morgan fingerprint density at radius 2 is 2.14 bits per heavy atom. The first-order valence-corrected chi connectivity index (χ1v) is 8.12. The van der Waals surface area contributed by atoms with Crippen molar-refractivity contribution >= 4 is 29.1 Å². The Kier molecular flexibility index (Phi) is 4.08. The Morgan fingerprint density at radius 3 is 2.86 bits per heavy atom. The molecule has 0 amide bonds. The lowest BCUT2D eigenvalue weighted by molar-refractivity contribution is 0.0702. The quantitative estimate of drug-likeness (QED) is 0.725. The molecule has 21 heavy (non-hydrogen) atoms. The highest BCUT2D eigenvalue weighted by molar-refractivity contribution is 7.98. The van der Waals surface area contributed by atoms with Crippen LogP contribution in [0.2, 0.25) is 0 Å². The van der Waals surface area contributed by atoms with Crippen LogP contribution in [0.1, 0.15) is 15.2 Å². The third-order valence-electron chi connectivity index (χ3n) is 2.85. The number of aromatic nitrogens is 2. The molecule has 0 saturated heterocycles. The van der Waals surface area contributed by atoms with Gasteiger partial charge in [0.2, 0.25) is 0 Å². The van der Waals surface area contributed by atoms with E-state index in [2.05, 4.69) is 5.10 Å². The van der Waals surface area contributed by atoms with Crippen molar-refractivity contribution in [2.45, 2.75) is 10.6 Å². The van der Waals surface area contributed by atoms with Gasteiger partial charge >= 0.3 is 5.97 Å². The summed E-state index contributed by atoms with van der Waals surface area (Å²) < 4.78 is 1.84. The van der Waals surface area contributed by atoms with Gasteiger partial charge in [0.15, 0.2) is 0 Å². The summed E-state index contributed by atoms with van der Waals surface area (Å²) >= 11 is 2.87. The van der Waals surface area contributed by atoms with Gasteiger partial charge in [-0.3, -0.25) is 0 Å². The van der Waals surface area contributed by atoms with Gasteiger partial charge in [-0.2, -0.15) is 5.10 Å². The van der Waals surface area contributed by atoms with E-state index in [1.54, 1.807) is 17.8 Å². The molecule has 4 nitrogen and oxygen atoms in total. The second-order valence-electron chi connectivity index (χ2n) is 4.37. The van der Waals surface area contributed by atoms with Crippen molar-refractivity contribution in [2.24, 2.45) is 0 Å². The number of carboxylic acid groups (broad SMARTS) is 1. The molecule has 2 aromatic heterocycles. The number of para-hydroxylation sites is 1. The molecule has 2 heterocycles. The van der Waals surface area contributed by atoms with Crippen molar-refractivity contribution in [1.29, 1.82) is 0 Å². The lowest BCUT2D eigenvalue weighted by Gasteiger charge is -1.99. The van der Waals surface area contributed by atoms with Crippen LogP contribution in [-0.4, -0.2) is 20.9 Å². The maximum atomic E-state index is 10.8. The van der Waals surface area contributed by atoms with Gasteiger partial charge in [-0.15, -0.1) is 23.1 Å². The van der Waals surface area contributed by atoms with E-state index in [0.717, 1.165) is 21.9 Å². The normalized spacial score (nSPS) is 10.7. The molecular formula is C15H12N2O2S2. The van der Waals surface area contributed by atoms with Crippen molar-refractivity contribution in [2.75, 3.05) is 0 Å². The molecule has 0 radical (unpaired) electrons. The summed E-state index contributed by atoms with van der Waals surface area (Å²) in [6.45, 7) is 0. The molecule has 6 heteroatoms. The first-order chi connectivity index (χ1) is 10.2. The summed E-state index contributed by atoms with van der Waals surface area (Å²) in [4.78, 5) is 12.2. The molecule has 1 N–H and O–H groups in total. The highest BCUT2D eigenvalue weighted by atomic mass is 32.2. The molecule has 0 aliphatic carbocycles. The molecule has 0 spiro atoms. The number of nitrogens with zero attached hydrogens (tertiary/aromatic N) is 2. The van der Waals surface area contributed by atoms with E-state index in [0.29, 0.717) is 4.88 Å². The molecule has 106 valence electrons. The fourth-order valence-corrected chi connectivity index (χ4v) is 3.61. The standard InChI is InChI=1S/C15H12N2O2S2/c18-15(19)14-6-13(10-21-14)20-9-11-7-16-17(8-11)12-4-2-1-3-5-12/h1-8,10H,9H2,(H,18,19). The van der Waals surface area contributed by atoms with Gasteiger partial charge in [-0.1, -0.05) is 18.2 Å². The molecule has 0 atom stereocenters. The van der Waals surface area contributed by atoms with Crippen LogP contribution in [0.15, 0.2) is 59.1 Å². The second-order valence-corrected chi connectivity index (χ2v) is 6.33. The Hall–Kier alpha value is -2.05. The number of hydrogen-bond donors (Lipinski definition) is 1. The number of benzene rings is 1. The lowest BCUT2D eigenvalue weighted by atomic mass is 10.3. The van der Waals surface area contributed by atoms with Crippen LogP contribution in [0.25, 0.3) is 5.69 Å². The van der Waals surface area contributed by atoms with E-state index < -0.39 is 5.97 Å². The lowest BCUT2D eigenvalue weighted by Crippen LogP contribution is -1.92. The smallest absolute Gasteiger partial charge is 0.345 e. The number of carbonyl (C=O) groups is 1. The molecule has 1 aromatic carbocycles. The minimum atomic E-state index is -0.872. The van der Waals surface area contributed by atoms with Gasteiger partial charge in [-0.25, -0.2) is 9.48 Å². The maximum Gasteiger partial charge on any atom is 0.345 e. The Balaban J connectivity index is 1.66. The minimum absolute atomic E-state index is 0.373.